The Hall–Kier alpha value is -1.10. The lowest BCUT2D eigenvalue weighted by molar-refractivity contribution is 0.767. The number of nitrogens with zero attached hydrogens (tertiary/aromatic N) is 2. The summed E-state index contributed by atoms with van der Waals surface area (Å²) < 4.78 is 2.22. The lowest BCUT2D eigenvalue weighted by Crippen LogP contribution is -1.97. The zero-order valence-electron chi connectivity index (χ0n) is 6.58. The second kappa shape index (κ2) is 3.53. The molecule has 0 aliphatic carbocycles. The minimum atomic E-state index is 0.526. The summed E-state index contributed by atoms with van der Waals surface area (Å²) in [6.07, 6.45) is 4.60. The maximum absolute atomic E-state index is 6.96. The van der Waals surface area contributed by atoms with Gasteiger partial charge in [-0.25, -0.2) is 0 Å². The minimum Gasteiger partial charge on any atom is -0.397 e. The first kappa shape index (κ1) is 8.99. The van der Waals surface area contributed by atoms with Gasteiger partial charge in [-0.3, -0.25) is 4.68 Å². The SMILES string of the molecule is Cn1cc(/C(N)=C(\Br)C=N)cn1. The van der Waals surface area contributed by atoms with Gasteiger partial charge in [-0.15, -0.1) is 0 Å². The predicted molar refractivity (Wildman–Crippen MR) is 52.0 cm³/mol. The number of hydrogen-bond donors (Lipinski definition) is 2. The molecule has 1 rings (SSSR count). The Morgan fingerprint density at radius 1 is 1.83 bits per heavy atom. The summed E-state index contributed by atoms with van der Waals surface area (Å²) in [4.78, 5) is 0. The van der Waals surface area contributed by atoms with E-state index in [-0.39, 0.29) is 0 Å². The van der Waals surface area contributed by atoms with E-state index in [4.69, 9.17) is 11.1 Å². The van der Waals surface area contributed by atoms with E-state index in [1.165, 1.54) is 0 Å². The molecular weight excluding hydrogens is 220 g/mol. The highest BCUT2D eigenvalue weighted by molar-refractivity contribution is 9.12. The Kier molecular flexibility index (Phi) is 2.65. The Morgan fingerprint density at radius 3 is 2.92 bits per heavy atom. The van der Waals surface area contributed by atoms with Gasteiger partial charge in [0.1, 0.15) is 0 Å². The fourth-order valence-corrected chi connectivity index (χ4v) is 1.00. The van der Waals surface area contributed by atoms with Crippen LogP contribution in [0, 0.1) is 5.41 Å². The molecule has 4 nitrogen and oxygen atoms in total. The van der Waals surface area contributed by atoms with E-state index in [0.29, 0.717) is 10.2 Å². The van der Waals surface area contributed by atoms with Crippen LogP contribution in [0.3, 0.4) is 0 Å². The number of nitrogens with one attached hydrogen (secondary N) is 1. The third-order valence-electron chi connectivity index (χ3n) is 1.40. The van der Waals surface area contributed by atoms with Gasteiger partial charge in [-0.1, -0.05) is 0 Å². The molecule has 0 saturated heterocycles. The van der Waals surface area contributed by atoms with Gasteiger partial charge in [-0.05, 0) is 15.9 Å². The number of nitrogens with two attached hydrogens (primary N) is 1. The van der Waals surface area contributed by atoms with Crippen LogP contribution in [0.4, 0.5) is 0 Å². The van der Waals surface area contributed by atoms with Crippen LogP contribution in [0.15, 0.2) is 16.9 Å². The van der Waals surface area contributed by atoms with E-state index >= 15 is 0 Å². The molecule has 0 amide bonds. The Morgan fingerprint density at radius 2 is 2.50 bits per heavy atom. The fourth-order valence-electron chi connectivity index (χ4n) is 0.776. The molecule has 0 aliphatic rings. The number of allylic oxidation sites excluding steroid dienone is 1. The molecule has 1 heterocycles. The number of aromatic nitrogens is 2. The molecule has 3 N–H and O–H groups in total. The predicted octanol–water partition coefficient (Wildman–Crippen LogP) is 1.09. The number of hydrogen-bond acceptors (Lipinski definition) is 3. The first-order valence-corrected chi connectivity index (χ1v) is 4.09. The molecule has 0 aromatic carbocycles. The average molecular weight is 229 g/mol. The van der Waals surface area contributed by atoms with Crippen LogP contribution in [0.2, 0.25) is 0 Å². The van der Waals surface area contributed by atoms with Gasteiger partial charge in [-0.2, -0.15) is 5.10 Å². The molecule has 0 bridgehead atoms. The summed E-state index contributed by atoms with van der Waals surface area (Å²) in [6.45, 7) is 0. The van der Waals surface area contributed by atoms with Gasteiger partial charge < -0.3 is 11.1 Å². The second-order valence-electron chi connectivity index (χ2n) is 2.31. The van der Waals surface area contributed by atoms with Crippen LogP contribution >= 0.6 is 15.9 Å². The normalized spacial score (nSPS) is 12.5. The molecule has 12 heavy (non-hydrogen) atoms. The molecule has 0 fully saturated rings. The molecule has 5 heteroatoms. The zero-order chi connectivity index (χ0) is 9.14. The van der Waals surface area contributed by atoms with Crippen molar-refractivity contribution in [3.05, 3.63) is 22.4 Å². The van der Waals surface area contributed by atoms with Crippen molar-refractivity contribution in [2.45, 2.75) is 0 Å². The van der Waals surface area contributed by atoms with Crippen LogP contribution in [0.1, 0.15) is 5.56 Å². The second-order valence-corrected chi connectivity index (χ2v) is 3.16. The van der Waals surface area contributed by atoms with Crippen molar-refractivity contribution >= 4 is 27.8 Å². The summed E-state index contributed by atoms with van der Waals surface area (Å²) in [5.41, 5.74) is 7.03. The van der Waals surface area contributed by atoms with E-state index in [2.05, 4.69) is 21.0 Å². The number of aryl methyl sites for hydroxylation is 1. The fraction of sp³-hybridized carbons (Fsp3) is 0.143. The summed E-state index contributed by atoms with van der Waals surface area (Å²) >= 11 is 3.16. The number of halogens is 1. The van der Waals surface area contributed by atoms with Gasteiger partial charge in [0.05, 0.1) is 16.4 Å². The summed E-state index contributed by atoms with van der Waals surface area (Å²) in [5.74, 6) is 0. The largest absolute Gasteiger partial charge is 0.397 e. The number of rotatable bonds is 2. The van der Waals surface area contributed by atoms with Gasteiger partial charge in [0.2, 0.25) is 0 Å². The molecule has 0 atom stereocenters. The van der Waals surface area contributed by atoms with Crippen LogP contribution in [-0.2, 0) is 7.05 Å². The van der Waals surface area contributed by atoms with Crippen LogP contribution in [0.25, 0.3) is 5.70 Å². The van der Waals surface area contributed by atoms with Crippen molar-refractivity contribution in [2.24, 2.45) is 12.8 Å². The summed E-state index contributed by atoms with van der Waals surface area (Å²) in [6, 6.07) is 0. The molecule has 0 radical (unpaired) electrons. The molecule has 1 aromatic heterocycles. The standard InChI is InChI=1S/C7H9BrN4/c1-12-4-5(3-11-12)7(10)6(8)2-9/h2-4,9H,10H2,1H3/b7-6+,9-2?. The van der Waals surface area contributed by atoms with Gasteiger partial charge in [0, 0.05) is 25.0 Å². The highest BCUT2D eigenvalue weighted by Gasteiger charge is 2.02. The van der Waals surface area contributed by atoms with Crippen LogP contribution in [-0.4, -0.2) is 16.0 Å². The summed E-state index contributed by atoms with van der Waals surface area (Å²) in [7, 11) is 1.81. The third-order valence-corrected chi connectivity index (χ3v) is 2.06. The van der Waals surface area contributed by atoms with Gasteiger partial charge in [0.15, 0.2) is 0 Å². The molecule has 64 valence electrons. The zero-order valence-corrected chi connectivity index (χ0v) is 8.17. The van der Waals surface area contributed by atoms with Crippen molar-refractivity contribution in [3.63, 3.8) is 0 Å². The Bertz CT molecular complexity index is 326. The minimum absolute atomic E-state index is 0.526. The lowest BCUT2D eigenvalue weighted by Gasteiger charge is -1.96. The summed E-state index contributed by atoms with van der Waals surface area (Å²) in [5, 5.41) is 10.9. The highest BCUT2D eigenvalue weighted by atomic mass is 79.9. The van der Waals surface area contributed by atoms with E-state index in [9.17, 15) is 0 Å². The highest BCUT2D eigenvalue weighted by Crippen LogP contribution is 2.15. The first-order chi connectivity index (χ1) is 5.65. The maximum Gasteiger partial charge on any atom is 0.0587 e. The van der Waals surface area contributed by atoms with E-state index in [1.54, 1.807) is 17.1 Å². The van der Waals surface area contributed by atoms with Crippen molar-refractivity contribution in [1.29, 1.82) is 5.41 Å². The van der Waals surface area contributed by atoms with Crippen molar-refractivity contribution < 1.29 is 0 Å². The molecule has 0 unspecified atom stereocenters. The van der Waals surface area contributed by atoms with E-state index in [0.717, 1.165) is 11.8 Å². The Labute approximate surface area is 78.7 Å². The first-order valence-electron chi connectivity index (χ1n) is 3.30. The average Bonchev–Trinajstić information content (AvgIpc) is 2.49. The van der Waals surface area contributed by atoms with Crippen molar-refractivity contribution in [2.75, 3.05) is 0 Å². The van der Waals surface area contributed by atoms with E-state index in [1.807, 2.05) is 7.05 Å². The lowest BCUT2D eigenvalue weighted by atomic mass is 10.2. The van der Waals surface area contributed by atoms with E-state index < -0.39 is 0 Å². The molecular formula is C7H9BrN4. The molecule has 0 aliphatic heterocycles. The van der Waals surface area contributed by atoms with Crippen molar-refractivity contribution in [1.82, 2.24) is 9.78 Å². The molecule has 0 saturated carbocycles. The smallest absolute Gasteiger partial charge is 0.0587 e. The van der Waals surface area contributed by atoms with Crippen molar-refractivity contribution in [3.8, 4) is 0 Å². The quantitative estimate of drug-likeness (QED) is 0.745. The van der Waals surface area contributed by atoms with Crippen LogP contribution in [0.5, 0.6) is 0 Å². The Balaban J connectivity index is 3.07. The van der Waals surface area contributed by atoms with Crippen LogP contribution < -0.4 is 5.73 Å². The third kappa shape index (κ3) is 1.73. The topological polar surface area (TPSA) is 67.7 Å². The monoisotopic (exact) mass is 228 g/mol. The molecule has 0 spiro atoms. The maximum atomic E-state index is 6.96. The molecule has 1 aromatic rings. The van der Waals surface area contributed by atoms with Gasteiger partial charge >= 0.3 is 0 Å². The van der Waals surface area contributed by atoms with Gasteiger partial charge in [0.25, 0.3) is 0 Å².